The fraction of sp³-hybridized carbons (Fsp3) is 0.700. The average molecular weight is 371 g/mol. The number of halogens is 3. The molecule has 26 heavy (non-hydrogen) atoms. The first-order chi connectivity index (χ1) is 12.1. The Bertz CT molecular complexity index is 622. The van der Waals surface area contributed by atoms with Crippen LogP contribution in [-0.2, 0) is 16.5 Å². The number of piperidine rings is 1. The molecule has 3 nitrogen and oxygen atoms in total. The van der Waals surface area contributed by atoms with Gasteiger partial charge in [-0.15, -0.1) is 0 Å². The Kier molecular flexibility index (Phi) is 5.39. The molecule has 0 spiro atoms. The number of hydrogen-bond donors (Lipinski definition) is 1. The van der Waals surface area contributed by atoms with Gasteiger partial charge in [0, 0.05) is 26.2 Å². The SMILES string of the molecule is CC1(C)C[C@H](CN2CCC(O)(c3cccc(C(F)(F)F)c3)CC2)CCO1. The van der Waals surface area contributed by atoms with Crippen LogP contribution in [0, 0.1) is 5.92 Å². The zero-order chi connectivity index (χ0) is 19.0. The summed E-state index contributed by atoms with van der Waals surface area (Å²) >= 11 is 0. The van der Waals surface area contributed by atoms with Gasteiger partial charge in [0.1, 0.15) is 0 Å². The van der Waals surface area contributed by atoms with Gasteiger partial charge in [0.25, 0.3) is 0 Å². The molecule has 0 saturated carbocycles. The third-order valence-electron chi connectivity index (χ3n) is 5.73. The van der Waals surface area contributed by atoms with E-state index in [9.17, 15) is 18.3 Å². The second-order valence-corrected chi connectivity index (χ2v) is 8.38. The highest BCUT2D eigenvalue weighted by Crippen LogP contribution is 2.37. The van der Waals surface area contributed by atoms with Crippen LogP contribution in [0.15, 0.2) is 24.3 Å². The number of rotatable bonds is 3. The molecule has 1 aromatic carbocycles. The molecule has 1 N–H and O–H groups in total. The lowest BCUT2D eigenvalue weighted by atomic mass is 9.82. The second kappa shape index (κ2) is 7.13. The van der Waals surface area contributed by atoms with Crippen molar-refractivity contribution in [2.75, 3.05) is 26.2 Å². The van der Waals surface area contributed by atoms with Crippen LogP contribution in [0.3, 0.4) is 0 Å². The second-order valence-electron chi connectivity index (χ2n) is 8.38. The van der Waals surface area contributed by atoms with Gasteiger partial charge in [0.2, 0.25) is 0 Å². The number of alkyl halides is 3. The normalized spacial score (nSPS) is 26.6. The molecule has 0 aromatic heterocycles. The van der Waals surface area contributed by atoms with Crippen LogP contribution in [0.2, 0.25) is 0 Å². The Morgan fingerprint density at radius 1 is 1.23 bits per heavy atom. The molecule has 0 bridgehead atoms. The minimum atomic E-state index is -4.39. The van der Waals surface area contributed by atoms with E-state index in [1.54, 1.807) is 6.07 Å². The highest BCUT2D eigenvalue weighted by atomic mass is 19.4. The Hall–Kier alpha value is -1.11. The molecule has 2 heterocycles. The van der Waals surface area contributed by atoms with E-state index in [1.807, 2.05) is 0 Å². The van der Waals surface area contributed by atoms with Gasteiger partial charge in [-0.2, -0.15) is 13.2 Å². The van der Waals surface area contributed by atoms with Crippen molar-refractivity contribution in [3.05, 3.63) is 35.4 Å². The van der Waals surface area contributed by atoms with E-state index in [0.29, 0.717) is 37.4 Å². The molecule has 2 aliphatic rings. The van der Waals surface area contributed by atoms with Gasteiger partial charge in [-0.25, -0.2) is 0 Å². The van der Waals surface area contributed by atoms with Gasteiger partial charge in [-0.05, 0) is 63.1 Å². The maximum Gasteiger partial charge on any atom is 0.416 e. The van der Waals surface area contributed by atoms with Crippen molar-refractivity contribution in [1.29, 1.82) is 0 Å². The summed E-state index contributed by atoms with van der Waals surface area (Å²) in [5.74, 6) is 0.568. The van der Waals surface area contributed by atoms with Crippen LogP contribution < -0.4 is 0 Å². The van der Waals surface area contributed by atoms with Crippen LogP contribution in [0.5, 0.6) is 0 Å². The summed E-state index contributed by atoms with van der Waals surface area (Å²) in [6.45, 7) is 7.36. The molecule has 0 aliphatic carbocycles. The maximum atomic E-state index is 12.9. The number of aliphatic hydroxyl groups is 1. The summed E-state index contributed by atoms with van der Waals surface area (Å²) < 4.78 is 44.6. The first-order valence-corrected chi connectivity index (χ1v) is 9.34. The molecule has 0 unspecified atom stereocenters. The molecular formula is C20H28F3NO2. The van der Waals surface area contributed by atoms with Gasteiger partial charge in [0.05, 0.1) is 16.8 Å². The van der Waals surface area contributed by atoms with Crippen molar-refractivity contribution < 1.29 is 23.0 Å². The molecule has 146 valence electrons. The predicted molar refractivity (Wildman–Crippen MR) is 93.8 cm³/mol. The van der Waals surface area contributed by atoms with Gasteiger partial charge in [0.15, 0.2) is 0 Å². The summed E-state index contributed by atoms with van der Waals surface area (Å²) in [5, 5.41) is 10.9. The van der Waals surface area contributed by atoms with Crippen molar-refractivity contribution in [3.8, 4) is 0 Å². The van der Waals surface area contributed by atoms with Gasteiger partial charge in [-0.1, -0.05) is 12.1 Å². The molecule has 2 saturated heterocycles. The standard InChI is InChI=1S/C20H28F3NO2/c1-18(2)13-15(6-11-26-18)14-24-9-7-19(25,8-10-24)16-4-3-5-17(12-16)20(21,22)23/h3-5,12,15,25H,6-11,13-14H2,1-2H3/t15-/m1/s1. The molecule has 1 aromatic rings. The van der Waals surface area contributed by atoms with Crippen LogP contribution in [-0.4, -0.2) is 41.8 Å². The largest absolute Gasteiger partial charge is 0.416 e. The van der Waals surface area contributed by atoms with E-state index >= 15 is 0 Å². The first kappa shape index (κ1) is 19.6. The summed E-state index contributed by atoms with van der Waals surface area (Å²) in [6.07, 6.45) is -1.41. The quantitative estimate of drug-likeness (QED) is 0.865. The highest BCUT2D eigenvalue weighted by molar-refractivity contribution is 5.30. The summed E-state index contributed by atoms with van der Waals surface area (Å²) in [6, 6.07) is 5.13. The topological polar surface area (TPSA) is 32.7 Å². The smallest absolute Gasteiger partial charge is 0.385 e. The Balaban J connectivity index is 1.61. The number of likely N-dealkylation sites (tertiary alicyclic amines) is 1. The third kappa shape index (κ3) is 4.59. The van der Waals surface area contributed by atoms with Crippen LogP contribution in [0.1, 0.15) is 50.7 Å². The summed E-state index contributed by atoms with van der Waals surface area (Å²) in [7, 11) is 0. The first-order valence-electron chi connectivity index (χ1n) is 9.34. The minimum Gasteiger partial charge on any atom is -0.385 e. The van der Waals surface area contributed by atoms with E-state index in [1.165, 1.54) is 6.07 Å². The van der Waals surface area contributed by atoms with Crippen molar-refractivity contribution in [2.45, 2.75) is 56.9 Å². The van der Waals surface area contributed by atoms with E-state index in [2.05, 4.69) is 18.7 Å². The number of hydrogen-bond acceptors (Lipinski definition) is 3. The van der Waals surface area contributed by atoms with E-state index in [4.69, 9.17) is 4.74 Å². The third-order valence-corrected chi connectivity index (χ3v) is 5.73. The lowest BCUT2D eigenvalue weighted by Gasteiger charge is -2.42. The lowest BCUT2D eigenvalue weighted by Crippen LogP contribution is -2.46. The molecule has 0 radical (unpaired) electrons. The summed E-state index contributed by atoms with van der Waals surface area (Å²) in [4.78, 5) is 2.33. The van der Waals surface area contributed by atoms with Crippen LogP contribution in [0.4, 0.5) is 13.2 Å². The minimum absolute atomic E-state index is 0.0858. The van der Waals surface area contributed by atoms with E-state index in [0.717, 1.165) is 38.1 Å². The zero-order valence-corrected chi connectivity index (χ0v) is 15.5. The fourth-order valence-corrected chi connectivity index (χ4v) is 4.26. The highest BCUT2D eigenvalue weighted by Gasteiger charge is 2.38. The number of benzene rings is 1. The summed E-state index contributed by atoms with van der Waals surface area (Å²) in [5.41, 5.74) is -1.58. The Morgan fingerprint density at radius 3 is 2.54 bits per heavy atom. The maximum absolute atomic E-state index is 12.9. The van der Waals surface area contributed by atoms with Crippen molar-refractivity contribution >= 4 is 0 Å². The Labute approximate surface area is 153 Å². The molecule has 0 amide bonds. The predicted octanol–water partition coefficient (Wildman–Crippen LogP) is 4.19. The molecule has 2 aliphatic heterocycles. The van der Waals surface area contributed by atoms with E-state index < -0.39 is 17.3 Å². The molecule has 1 atom stereocenters. The van der Waals surface area contributed by atoms with Gasteiger partial charge in [-0.3, -0.25) is 0 Å². The average Bonchev–Trinajstić information content (AvgIpc) is 2.56. The molecule has 2 fully saturated rings. The van der Waals surface area contributed by atoms with Crippen molar-refractivity contribution in [1.82, 2.24) is 4.90 Å². The van der Waals surface area contributed by atoms with Crippen LogP contribution in [0.25, 0.3) is 0 Å². The molecule has 6 heteroatoms. The van der Waals surface area contributed by atoms with E-state index in [-0.39, 0.29) is 5.60 Å². The number of ether oxygens (including phenoxy) is 1. The van der Waals surface area contributed by atoms with Gasteiger partial charge < -0.3 is 14.7 Å². The molecule has 3 rings (SSSR count). The van der Waals surface area contributed by atoms with Crippen LogP contribution >= 0.6 is 0 Å². The monoisotopic (exact) mass is 371 g/mol. The van der Waals surface area contributed by atoms with Crippen molar-refractivity contribution in [3.63, 3.8) is 0 Å². The Morgan fingerprint density at radius 2 is 1.92 bits per heavy atom. The molecular weight excluding hydrogens is 343 g/mol. The van der Waals surface area contributed by atoms with Crippen molar-refractivity contribution in [2.24, 2.45) is 5.92 Å². The zero-order valence-electron chi connectivity index (χ0n) is 15.5. The fourth-order valence-electron chi connectivity index (χ4n) is 4.26. The van der Waals surface area contributed by atoms with Gasteiger partial charge >= 0.3 is 6.18 Å². The number of nitrogens with zero attached hydrogens (tertiary/aromatic N) is 1. The lowest BCUT2D eigenvalue weighted by molar-refractivity contribution is -0.137.